The summed E-state index contributed by atoms with van der Waals surface area (Å²) in [4.78, 5) is 19.8. The molecule has 6 nitrogen and oxygen atoms in total. The van der Waals surface area contributed by atoms with Crippen LogP contribution in [0.3, 0.4) is 0 Å². The summed E-state index contributed by atoms with van der Waals surface area (Å²) in [5.41, 5.74) is -0.0149. The van der Waals surface area contributed by atoms with Gasteiger partial charge in [0.1, 0.15) is 18.1 Å². The Morgan fingerprint density at radius 1 is 1.58 bits per heavy atom. The van der Waals surface area contributed by atoms with E-state index in [-0.39, 0.29) is 17.4 Å². The minimum atomic E-state index is -0.314. The van der Waals surface area contributed by atoms with E-state index in [0.717, 1.165) is 0 Å². The molecule has 0 unspecified atom stereocenters. The Kier molecular flexibility index (Phi) is 4.14. The number of rotatable bonds is 3. The molecule has 2 heterocycles. The summed E-state index contributed by atoms with van der Waals surface area (Å²) in [6.45, 7) is -0.0138. The van der Waals surface area contributed by atoms with E-state index in [1.807, 2.05) is 6.07 Å². The number of nitrogens with zero attached hydrogens (tertiary/aromatic N) is 4. The molecule has 0 amide bonds. The summed E-state index contributed by atoms with van der Waals surface area (Å²) in [6.07, 6.45) is 3.02. The molecule has 2 aromatic heterocycles. The van der Waals surface area contributed by atoms with Crippen LogP contribution < -0.4 is 10.9 Å². The fraction of sp³-hybridized carbons (Fsp3) is 0.0909. The molecule has 0 fully saturated rings. The molecular formula is C11H7BrClN5O. The van der Waals surface area contributed by atoms with E-state index >= 15 is 0 Å². The largest absolute Gasteiger partial charge is 0.335 e. The number of nitrogens with one attached hydrogen (secondary N) is 1. The first-order valence-electron chi connectivity index (χ1n) is 5.13. The number of anilines is 2. The van der Waals surface area contributed by atoms with Crippen molar-refractivity contribution in [1.29, 1.82) is 5.26 Å². The molecule has 0 spiro atoms. The summed E-state index contributed by atoms with van der Waals surface area (Å²) in [5, 5.41) is 11.6. The quantitative estimate of drug-likeness (QED) is 0.867. The molecule has 19 heavy (non-hydrogen) atoms. The molecule has 0 radical (unpaired) electrons. The third-order valence-corrected chi connectivity index (χ3v) is 2.99. The van der Waals surface area contributed by atoms with Crippen molar-refractivity contribution in [3.63, 3.8) is 0 Å². The fourth-order valence-electron chi connectivity index (χ4n) is 1.39. The number of aromatic nitrogens is 3. The molecular weight excluding hydrogens is 334 g/mol. The van der Waals surface area contributed by atoms with Gasteiger partial charge in [0.2, 0.25) is 5.28 Å². The Morgan fingerprint density at radius 2 is 2.37 bits per heavy atom. The number of hydrogen-bond acceptors (Lipinski definition) is 5. The van der Waals surface area contributed by atoms with Crippen LogP contribution in [-0.2, 0) is 6.54 Å². The number of halogens is 2. The average molecular weight is 341 g/mol. The van der Waals surface area contributed by atoms with E-state index in [0.29, 0.717) is 16.0 Å². The summed E-state index contributed by atoms with van der Waals surface area (Å²) in [5.74, 6) is 0.381. The van der Waals surface area contributed by atoms with Crippen LogP contribution in [0.1, 0.15) is 0 Å². The van der Waals surface area contributed by atoms with Crippen LogP contribution >= 0.6 is 27.5 Å². The fourth-order valence-corrected chi connectivity index (χ4v) is 1.82. The highest BCUT2D eigenvalue weighted by Gasteiger charge is 2.08. The molecule has 0 saturated carbocycles. The molecule has 2 rings (SSSR count). The Morgan fingerprint density at radius 3 is 3.11 bits per heavy atom. The number of pyridine rings is 1. The summed E-state index contributed by atoms with van der Waals surface area (Å²) >= 11 is 8.95. The second-order valence-corrected chi connectivity index (χ2v) is 4.67. The van der Waals surface area contributed by atoms with Gasteiger partial charge in [-0.2, -0.15) is 10.2 Å². The molecule has 0 aromatic carbocycles. The van der Waals surface area contributed by atoms with Gasteiger partial charge >= 0.3 is 0 Å². The van der Waals surface area contributed by atoms with Crippen LogP contribution in [0.25, 0.3) is 0 Å². The summed E-state index contributed by atoms with van der Waals surface area (Å²) < 4.78 is 1.87. The smallest absolute Gasteiger partial charge is 0.275 e. The standard InChI is InChI=1S/C11H7BrClN5O/c12-7-6-15-11(13)17-9(7)16-8-2-1-4-18(5-3-14)10(8)19/h1-2,4,6H,5H2,(H,15,16,17). The zero-order valence-electron chi connectivity index (χ0n) is 9.47. The first kappa shape index (κ1) is 13.5. The van der Waals surface area contributed by atoms with Gasteiger partial charge in [0.15, 0.2) is 0 Å². The van der Waals surface area contributed by atoms with Crippen molar-refractivity contribution >= 4 is 39.0 Å². The molecule has 0 atom stereocenters. The highest BCUT2D eigenvalue weighted by atomic mass is 79.9. The van der Waals surface area contributed by atoms with Crippen LogP contribution in [0.5, 0.6) is 0 Å². The predicted octanol–water partition coefficient (Wildman–Crippen LogP) is 2.32. The Bertz CT molecular complexity index is 709. The average Bonchev–Trinajstić information content (AvgIpc) is 2.39. The number of hydrogen-bond donors (Lipinski definition) is 1. The minimum absolute atomic E-state index is 0.0138. The second-order valence-electron chi connectivity index (χ2n) is 3.47. The normalized spacial score (nSPS) is 9.95. The molecule has 8 heteroatoms. The van der Waals surface area contributed by atoms with Crippen LogP contribution in [0.15, 0.2) is 33.8 Å². The maximum absolute atomic E-state index is 12.0. The maximum atomic E-state index is 12.0. The van der Waals surface area contributed by atoms with Crippen molar-refractivity contribution in [3.05, 3.63) is 44.6 Å². The maximum Gasteiger partial charge on any atom is 0.275 e. The molecule has 2 aromatic rings. The molecule has 0 saturated heterocycles. The zero-order valence-corrected chi connectivity index (χ0v) is 11.8. The van der Waals surface area contributed by atoms with Crippen molar-refractivity contribution in [2.75, 3.05) is 5.32 Å². The van der Waals surface area contributed by atoms with E-state index in [9.17, 15) is 4.79 Å². The van der Waals surface area contributed by atoms with E-state index in [4.69, 9.17) is 16.9 Å². The monoisotopic (exact) mass is 339 g/mol. The van der Waals surface area contributed by atoms with Gasteiger partial charge in [-0.3, -0.25) is 9.36 Å². The molecule has 96 valence electrons. The van der Waals surface area contributed by atoms with Crippen LogP contribution in [-0.4, -0.2) is 14.5 Å². The zero-order chi connectivity index (χ0) is 13.8. The lowest BCUT2D eigenvalue weighted by Gasteiger charge is -2.08. The Labute approximate surface area is 121 Å². The van der Waals surface area contributed by atoms with Gasteiger partial charge < -0.3 is 5.32 Å². The van der Waals surface area contributed by atoms with E-state index in [1.165, 1.54) is 10.8 Å². The third kappa shape index (κ3) is 3.10. The van der Waals surface area contributed by atoms with Crippen LogP contribution in [0, 0.1) is 11.3 Å². The van der Waals surface area contributed by atoms with Crippen LogP contribution in [0.2, 0.25) is 5.28 Å². The van der Waals surface area contributed by atoms with Gasteiger partial charge in [0.05, 0.1) is 10.5 Å². The first-order chi connectivity index (χ1) is 9.11. The van der Waals surface area contributed by atoms with Gasteiger partial charge in [-0.05, 0) is 39.7 Å². The SMILES string of the molecule is N#CCn1cccc(Nc2nc(Cl)ncc2Br)c1=O. The summed E-state index contributed by atoms with van der Waals surface area (Å²) in [6, 6.07) is 5.18. The first-order valence-corrected chi connectivity index (χ1v) is 6.30. The second kappa shape index (κ2) is 5.82. The number of nitriles is 1. The predicted molar refractivity (Wildman–Crippen MR) is 74.3 cm³/mol. The van der Waals surface area contributed by atoms with Crippen molar-refractivity contribution < 1.29 is 0 Å². The van der Waals surface area contributed by atoms with E-state index in [1.54, 1.807) is 18.3 Å². The Hall–Kier alpha value is -1.91. The van der Waals surface area contributed by atoms with Crippen molar-refractivity contribution in [3.8, 4) is 6.07 Å². The van der Waals surface area contributed by atoms with Gasteiger partial charge in [0.25, 0.3) is 5.56 Å². The van der Waals surface area contributed by atoms with Gasteiger partial charge in [0, 0.05) is 12.4 Å². The van der Waals surface area contributed by atoms with E-state index in [2.05, 4.69) is 31.2 Å². The topological polar surface area (TPSA) is 83.6 Å². The lowest BCUT2D eigenvalue weighted by atomic mass is 10.4. The molecule has 0 bridgehead atoms. The molecule has 1 N–H and O–H groups in total. The summed E-state index contributed by atoms with van der Waals surface area (Å²) in [7, 11) is 0. The molecule has 0 aliphatic rings. The molecule has 0 aliphatic carbocycles. The van der Waals surface area contributed by atoms with Crippen molar-refractivity contribution in [2.24, 2.45) is 0 Å². The van der Waals surface area contributed by atoms with Crippen molar-refractivity contribution in [2.45, 2.75) is 6.54 Å². The van der Waals surface area contributed by atoms with Gasteiger partial charge in [-0.1, -0.05) is 0 Å². The highest BCUT2D eigenvalue weighted by molar-refractivity contribution is 9.10. The minimum Gasteiger partial charge on any atom is -0.335 e. The van der Waals surface area contributed by atoms with Crippen molar-refractivity contribution in [1.82, 2.24) is 14.5 Å². The highest BCUT2D eigenvalue weighted by Crippen LogP contribution is 2.22. The lowest BCUT2D eigenvalue weighted by Crippen LogP contribution is -2.21. The Balaban J connectivity index is 2.39. The molecule has 0 aliphatic heterocycles. The lowest BCUT2D eigenvalue weighted by molar-refractivity contribution is 0.790. The van der Waals surface area contributed by atoms with Gasteiger partial charge in [-0.25, -0.2) is 4.98 Å². The van der Waals surface area contributed by atoms with Crippen LogP contribution in [0.4, 0.5) is 11.5 Å². The van der Waals surface area contributed by atoms with Gasteiger partial charge in [-0.15, -0.1) is 0 Å². The third-order valence-electron chi connectivity index (χ3n) is 2.23. The van der Waals surface area contributed by atoms with E-state index < -0.39 is 0 Å².